The van der Waals surface area contributed by atoms with Crippen molar-refractivity contribution < 1.29 is 23.8 Å². The number of halogens is 2. The number of aliphatic hydroxyl groups is 1. The largest absolute Gasteiger partial charge is 0.477 e. The molecule has 1 aromatic heterocycles. The Bertz CT molecular complexity index is 741. The van der Waals surface area contributed by atoms with Crippen molar-refractivity contribution in [2.75, 3.05) is 6.61 Å². The molecule has 6 nitrogen and oxygen atoms in total. The van der Waals surface area contributed by atoms with Gasteiger partial charge in [-0.2, -0.15) is 0 Å². The average molecular weight is 328 g/mol. The summed E-state index contributed by atoms with van der Waals surface area (Å²) >= 11 is 0. The van der Waals surface area contributed by atoms with Crippen molar-refractivity contribution in [3.05, 3.63) is 57.6 Å². The van der Waals surface area contributed by atoms with E-state index < -0.39 is 28.7 Å². The highest BCUT2D eigenvalue weighted by Crippen LogP contribution is 2.16. The lowest BCUT2D eigenvalue weighted by Crippen LogP contribution is -2.26. The van der Waals surface area contributed by atoms with Crippen LogP contribution in [0.4, 0.5) is 8.78 Å². The number of hydrogen-bond acceptors (Lipinski definition) is 3. The summed E-state index contributed by atoms with van der Waals surface area (Å²) in [5.74, 6) is -3.60. The number of aromatic nitrogens is 2. The van der Waals surface area contributed by atoms with Gasteiger partial charge in [-0.05, 0) is 31.6 Å². The first kappa shape index (κ1) is 18.6. The Morgan fingerprint density at radius 1 is 1.30 bits per heavy atom. The Labute approximate surface area is 131 Å². The van der Waals surface area contributed by atoms with Gasteiger partial charge in [-0.3, -0.25) is 9.48 Å². The Morgan fingerprint density at radius 3 is 2.39 bits per heavy atom. The second-order valence-corrected chi connectivity index (χ2v) is 4.76. The van der Waals surface area contributed by atoms with E-state index in [1.54, 1.807) is 0 Å². The molecule has 0 aliphatic rings. The minimum atomic E-state index is -1.40. The number of carboxylic acids is 1. The molecule has 0 aliphatic carbocycles. The van der Waals surface area contributed by atoms with E-state index in [0.29, 0.717) is 0 Å². The Kier molecular flexibility index (Phi) is 6.20. The van der Waals surface area contributed by atoms with Gasteiger partial charge in [-0.25, -0.2) is 18.3 Å². The summed E-state index contributed by atoms with van der Waals surface area (Å²) < 4.78 is 28.8. The average Bonchev–Trinajstić information content (AvgIpc) is 2.70. The molecule has 0 saturated carbocycles. The number of nitrogens with zero attached hydrogens (tertiary/aromatic N) is 2. The van der Waals surface area contributed by atoms with Gasteiger partial charge < -0.3 is 10.2 Å². The molecule has 0 atom stereocenters. The molecular formula is C15H18F2N2O4. The molecule has 0 saturated heterocycles. The fraction of sp³-hybridized carbons (Fsp3) is 0.333. The van der Waals surface area contributed by atoms with Crippen molar-refractivity contribution in [2.24, 2.45) is 0 Å². The van der Waals surface area contributed by atoms with Crippen LogP contribution in [0.1, 0.15) is 23.0 Å². The van der Waals surface area contributed by atoms with E-state index in [9.17, 15) is 18.4 Å². The first-order valence-electron chi connectivity index (χ1n) is 6.76. The molecule has 0 aromatic carbocycles. The van der Waals surface area contributed by atoms with E-state index in [4.69, 9.17) is 10.2 Å². The monoisotopic (exact) mass is 328 g/mol. The van der Waals surface area contributed by atoms with Crippen LogP contribution < -0.4 is 5.56 Å². The van der Waals surface area contributed by atoms with E-state index in [0.717, 1.165) is 16.8 Å². The van der Waals surface area contributed by atoms with Gasteiger partial charge >= 0.3 is 5.97 Å². The molecule has 0 spiro atoms. The Morgan fingerprint density at radius 2 is 1.91 bits per heavy atom. The van der Waals surface area contributed by atoms with E-state index in [1.165, 1.54) is 18.5 Å². The summed E-state index contributed by atoms with van der Waals surface area (Å²) in [6.45, 7) is 5.71. The molecule has 0 amide bonds. The van der Waals surface area contributed by atoms with Gasteiger partial charge in [0.2, 0.25) is 0 Å². The molecular weight excluding hydrogens is 310 g/mol. The highest BCUT2D eigenvalue weighted by atomic mass is 19.2. The summed E-state index contributed by atoms with van der Waals surface area (Å²) in [5, 5.41) is 18.2. The van der Waals surface area contributed by atoms with Gasteiger partial charge in [0.15, 0.2) is 11.7 Å². The fourth-order valence-corrected chi connectivity index (χ4v) is 2.11. The quantitative estimate of drug-likeness (QED) is 0.749. The second-order valence-electron chi connectivity index (χ2n) is 4.76. The van der Waals surface area contributed by atoms with E-state index in [-0.39, 0.29) is 31.0 Å². The van der Waals surface area contributed by atoms with E-state index in [1.807, 2.05) is 0 Å². The highest BCUT2D eigenvalue weighted by Gasteiger charge is 2.22. The topological polar surface area (TPSA) is 84.5 Å². The van der Waals surface area contributed by atoms with Gasteiger partial charge in [-0.15, -0.1) is 0 Å². The second kappa shape index (κ2) is 7.68. The standard InChI is InChI=1S/C15H18F2N2O4/c1-4-11(16)12(17)7-9(2)8-19-14(21)13(15(22)23)10(3)18(19)5-6-20/h4,7,20H,2,5-6,8H2,1,3H3,(H,22,23)/b11-4+,12-7+. The molecule has 126 valence electrons. The maximum absolute atomic E-state index is 13.4. The lowest BCUT2D eigenvalue weighted by molar-refractivity contribution is 0.0694. The van der Waals surface area contributed by atoms with Crippen LogP contribution in [-0.4, -0.2) is 32.2 Å². The third kappa shape index (κ3) is 4.04. The van der Waals surface area contributed by atoms with Gasteiger partial charge in [-0.1, -0.05) is 6.58 Å². The van der Waals surface area contributed by atoms with Gasteiger partial charge in [0.05, 0.1) is 25.4 Å². The number of carboxylic acid groups (broad SMARTS) is 1. The zero-order valence-electron chi connectivity index (χ0n) is 12.8. The fourth-order valence-electron chi connectivity index (χ4n) is 2.11. The number of aliphatic hydroxyl groups excluding tert-OH is 1. The molecule has 0 fully saturated rings. The van der Waals surface area contributed by atoms with Gasteiger partial charge in [0.25, 0.3) is 5.56 Å². The minimum Gasteiger partial charge on any atom is -0.477 e. The summed E-state index contributed by atoms with van der Waals surface area (Å²) in [6.07, 6.45) is 1.76. The van der Waals surface area contributed by atoms with Crippen molar-refractivity contribution >= 4 is 5.97 Å². The molecule has 1 heterocycles. The molecule has 2 N–H and O–H groups in total. The highest BCUT2D eigenvalue weighted by molar-refractivity contribution is 5.88. The molecule has 0 bridgehead atoms. The smallest absolute Gasteiger partial charge is 0.343 e. The van der Waals surface area contributed by atoms with Crippen LogP contribution in [0.5, 0.6) is 0 Å². The molecule has 0 unspecified atom stereocenters. The minimum absolute atomic E-state index is 0.0168. The van der Waals surface area contributed by atoms with Crippen molar-refractivity contribution in [2.45, 2.75) is 26.9 Å². The van der Waals surface area contributed by atoms with Gasteiger partial charge in [0.1, 0.15) is 5.56 Å². The third-order valence-corrected chi connectivity index (χ3v) is 3.18. The normalized spacial score (nSPS) is 12.6. The summed E-state index contributed by atoms with van der Waals surface area (Å²) in [6, 6.07) is 0. The predicted octanol–water partition coefficient (Wildman–Crippen LogP) is 1.93. The summed E-state index contributed by atoms with van der Waals surface area (Å²) in [5.41, 5.74) is -1.01. The lowest BCUT2D eigenvalue weighted by Gasteiger charge is -2.12. The van der Waals surface area contributed by atoms with E-state index in [2.05, 4.69) is 6.58 Å². The molecule has 8 heteroatoms. The maximum atomic E-state index is 13.4. The predicted molar refractivity (Wildman–Crippen MR) is 80.7 cm³/mol. The SMILES string of the molecule is C=C(/C=C(F)\C(F)=C/C)Cn1c(=O)c(C(=O)O)c(C)n1CCO. The van der Waals surface area contributed by atoms with Crippen molar-refractivity contribution in [1.82, 2.24) is 9.36 Å². The number of carbonyl (C=O) groups is 1. The Balaban J connectivity index is 3.28. The van der Waals surface area contributed by atoms with Crippen LogP contribution in [0.3, 0.4) is 0 Å². The van der Waals surface area contributed by atoms with Gasteiger partial charge in [0, 0.05) is 0 Å². The first-order chi connectivity index (χ1) is 10.7. The van der Waals surface area contributed by atoms with Crippen LogP contribution in [0.15, 0.2) is 40.8 Å². The molecule has 0 radical (unpaired) electrons. The zero-order chi connectivity index (χ0) is 17.7. The van der Waals surface area contributed by atoms with Crippen LogP contribution in [0, 0.1) is 6.92 Å². The van der Waals surface area contributed by atoms with Crippen LogP contribution in [-0.2, 0) is 13.1 Å². The summed E-state index contributed by atoms with van der Waals surface area (Å²) in [4.78, 5) is 23.3. The number of hydrogen-bond donors (Lipinski definition) is 2. The number of allylic oxidation sites excluding steroid dienone is 5. The number of rotatable bonds is 7. The summed E-state index contributed by atoms with van der Waals surface area (Å²) in [7, 11) is 0. The molecule has 0 aliphatic heterocycles. The van der Waals surface area contributed by atoms with Crippen LogP contribution in [0.2, 0.25) is 0 Å². The lowest BCUT2D eigenvalue weighted by atomic mass is 10.2. The van der Waals surface area contributed by atoms with Crippen LogP contribution >= 0.6 is 0 Å². The third-order valence-electron chi connectivity index (χ3n) is 3.18. The molecule has 23 heavy (non-hydrogen) atoms. The van der Waals surface area contributed by atoms with Crippen molar-refractivity contribution in [3.63, 3.8) is 0 Å². The Hall–Kier alpha value is -2.48. The van der Waals surface area contributed by atoms with Crippen molar-refractivity contribution in [3.8, 4) is 0 Å². The first-order valence-corrected chi connectivity index (χ1v) is 6.76. The zero-order valence-corrected chi connectivity index (χ0v) is 12.8. The molecule has 1 aromatic rings. The number of aromatic carboxylic acids is 1. The molecule has 1 rings (SSSR count). The van der Waals surface area contributed by atoms with Crippen LogP contribution in [0.25, 0.3) is 0 Å². The maximum Gasteiger partial charge on any atom is 0.343 e. The van der Waals surface area contributed by atoms with E-state index >= 15 is 0 Å². The van der Waals surface area contributed by atoms with Crippen molar-refractivity contribution in [1.29, 1.82) is 0 Å².